The molecule has 1 saturated carbocycles. The second kappa shape index (κ2) is 5.68. The minimum absolute atomic E-state index is 0.219. The molecule has 0 bridgehead atoms. The van der Waals surface area contributed by atoms with Gasteiger partial charge in [0.05, 0.1) is 0 Å². The van der Waals surface area contributed by atoms with Crippen LogP contribution in [0.25, 0.3) is 0 Å². The van der Waals surface area contributed by atoms with E-state index in [4.69, 9.17) is 11.6 Å². The van der Waals surface area contributed by atoms with E-state index in [1.54, 1.807) is 6.07 Å². The lowest BCUT2D eigenvalue weighted by Crippen LogP contribution is -2.21. The number of hydrogen-bond acceptors (Lipinski definition) is 1. The molecule has 92 valence electrons. The van der Waals surface area contributed by atoms with Crippen molar-refractivity contribution in [3.63, 3.8) is 0 Å². The zero-order valence-corrected chi connectivity index (χ0v) is 11.0. The third kappa shape index (κ3) is 3.10. The Balaban J connectivity index is 2.02. The molecular formula is C15H19ClO. The van der Waals surface area contributed by atoms with Gasteiger partial charge >= 0.3 is 0 Å². The third-order valence-electron chi connectivity index (χ3n) is 3.90. The summed E-state index contributed by atoms with van der Waals surface area (Å²) in [4.78, 5) is 12.3. The van der Waals surface area contributed by atoms with Crippen LogP contribution in [-0.2, 0) is 0 Å². The smallest absolute Gasteiger partial charge is 0.165 e. The van der Waals surface area contributed by atoms with Crippen molar-refractivity contribution in [3.8, 4) is 0 Å². The second-order valence-corrected chi connectivity index (χ2v) is 5.44. The molecule has 0 aromatic heterocycles. The Labute approximate surface area is 108 Å². The minimum Gasteiger partial charge on any atom is -0.294 e. The molecule has 0 aliphatic heterocycles. The zero-order chi connectivity index (χ0) is 12.3. The number of rotatable bonds is 3. The molecule has 2 heteroatoms. The fourth-order valence-corrected chi connectivity index (χ4v) is 2.90. The molecule has 17 heavy (non-hydrogen) atoms. The summed E-state index contributed by atoms with van der Waals surface area (Å²) in [5.74, 6) is 1.33. The quantitative estimate of drug-likeness (QED) is 0.709. The summed E-state index contributed by atoms with van der Waals surface area (Å²) < 4.78 is 0. The SMILES string of the molecule is CCC1CCC(C(=O)c2cccc(Cl)c2)CC1. The summed E-state index contributed by atoms with van der Waals surface area (Å²) in [5.41, 5.74) is 0.775. The van der Waals surface area contributed by atoms with Crippen molar-refractivity contribution in [2.45, 2.75) is 39.0 Å². The first-order valence-electron chi connectivity index (χ1n) is 6.50. The van der Waals surface area contributed by atoms with Crippen molar-refractivity contribution in [2.24, 2.45) is 11.8 Å². The molecule has 1 nitrogen and oxygen atoms in total. The van der Waals surface area contributed by atoms with E-state index in [9.17, 15) is 4.79 Å². The summed E-state index contributed by atoms with van der Waals surface area (Å²) in [7, 11) is 0. The van der Waals surface area contributed by atoms with Crippen LogP contribution in [-0.4, -0.2) is 5.78 Å². The largest absolute Gasteiger partial charge is 0.294 e. The van der Waals surface area contributed by atoms with Crippen molar-refractivity contribution in [1.29, 1.82) is 0 Å². The summed E-state index contributed by atoms with van der Waals surface area (Å²) in [6, 6.07) is 7.33. The predicted octanol–water partition coefficient (Wildman–Crippen LogP) is 4.74. The summed E-state index contributed by atoms with van der Waals surface area (Å²) in [6.07, 6.45) is 5.74. The first-order chi connectivity index (χ1) is 8.20. The highest BCUT2D eigenvalue weighted by Crippen LogP contribution is 2.32. The van der Waals surface area contributed by atoms with Crippen molar-refractivity contribution < 1.29 is 4.79 Å². The average Bonchev–Trinajstić information content (AvgIpc) is 2.38. The number of carbonyl (C=O) groups excluding carboxylic acids is 1. The summed E-state index contributed by atoms with van der Waals surface area (Å²) >= 11 is 5.92. The van der Waals surface area contributed by atoms with Crippen LogP contribution in [0.5, 0.6) is 0 Å². The molecule has 1 aliphatic carbocycles. The van der Waals surface area contributed by atoms with Gasteiger partial charge in [0.15, 0.2) is 5.78 Å². The van der Waals surface area contributed by atoms with Gasteiger partial charge in [0.1, 0.15) is 0 Å². The first-order valence-corrected chi connectivity index (χ1v) is 6.88. The van der Waals surface area contributed by atoms with Gasteiger partial charge in [-0.3, -0.25) is 4.79 Å². The lowest BCUT2D eigenvalue weighted by Gasteiger charge is -2.26. The normalized spacial score (nSPS) is 24.6. The van der Waals surface area contributed by atoms with Gasteiger partial charge < -0.3 is 0 Å². The predicted molar refractivity (Wildman–Crippen MR) is 71.5 cm³/mol. The third-order valence-corrected chi connectivity index (χ3v) is 4.14. The van der Waals surface area contributed by atoms with Crippen LogP contribution in [0.1, 0.15) is 49.4 Å². The van der Waals surface area contributed by atoms with Gasteiger partial charge in [0.2, 0.25) is 0 Å². The molecule has 1 aromatic carbocycles. The number of Topliss-reactive ketones (excluding diaryl/α,β-unsaturated/α-hetero) is 1. The van der Waals surface area contributed by atoms with Crippen LogP contribution in [0, 0.1) is 11.8 Å². The fraction of sp³-hybridized carbons (Fsp3) is 0.533. The summed E-state index contributed by atoms with van der Waals surface area (Å²) in [5, 5.41) is 0.651. The van der Waals surface area contributed by atoms with Crippen LogP contribution in [0.3, 0.4) is 0 Å². The van der Waals surface area contributed by atoms with E-state index in [-0.39, 0.29) is 11.7 Å². The zero-order valence-electron chi connectivity index (χ0n) is 10.3. The molecule has 1 fully saturated rings. The van der Waals surface area contributed by atoms with Gasteiger partial charge in [-0.05, 0) is 43.7 Å². The monoisotopic (exact) mass is 250 g/mol. The molecular weight excluding hydrogens is 232 g/mol. The highest BCUT2D eigenvalue weighted by Gasteiger charge is 2.26. The lowest BCUT2D eigenvalue weighted by atomic mass is 9.78. The minimum atomic E-state index is 0.219. The molecule has 1 aliphatic rings. The van der Waals surface area contributed by atoms with Crippen LogP contribution < -0.4 is 0 Å². The second-order valence-electron chi connectivity index (χ2n) is 5.00. The molecule has 0 saturated heterocycles. The highest BCUT2D eigenvalue weighted by atomic mass is 35.5. The Bertz CT molecular complexity index is 392. The van der Waals surface area contributed by atoms with Crippen molar-refractivity contribution >= 4 is 17.4 Å². The molecule has 0 heterocycles. The highest BCUT2D eigenvalue weighted by molar-refractivity contribution is 6.31. The maximum Gasteiger partial charge on any atom is 0.165 e. The Morgan fingerprint density at radius 3 is 2.59 bits per heavy atom. The van der Waals surface area contributed by atoms with Crippen molar-refractivity contribution in [3.05, 3.63) is 34.9 Å². The molecule has 0 radical (unpaired) electrons. The fourth-order valence-electron chi connectivity index (χ4n) is 2.71. The molecule has 0 amide bonds. The van der Waals surface area contributed by atoms with Crippen LogP contribution >= 0.6 is 11.6 Å². The van der Waals surface area contributed by atoms with Crippen LogP contribution in [0.4, 0.5) is 0 Å². The maximum absolute atomic E-state index is 12.3. The van der Waals surface area contributed by atoms with Crippen molar-refractivity contribution in [1.82, 2.24) is 0 Å². The number of ketones is 1. The standard InChI is InChI=1S/C15H19ClO/c1-2-11-6-8-12(9-7-11)15(17)13-4-3-5-14(16)10-13/h3-5,10-12H,2,6-9H2,1H3. The average molecular weight is 251 g/mol. The molecule has 0 atom stereocenters. The number of benzene rings is 1. The summed E-state index contributed by atoms with van der Waals surface area (Å²) in [6.45, 7) is 2.24. The van der Waals surface area contributed by atoms with E-state index in [1.807, 2.05) is 18.2 Å². The number of carbonyl (C=O) groups is 1. The first kappa shape index (κ1) is 12.6. The lowest BCUT2D eigenvalue weighted by molar-refractivity contribution is 0.0871. The Morgan fingerprint density at radius 1 is 1.29 bits per heavy atom. The number of hydrogen-bond donors (Lipinski definition) is 0. The van der Waals surface area contributed by atoms with E-state index in [0.717, 1.165) is 24.3 Å². The molecule has 0 spiro atoms. The Kier molecular flexibility index (Phi) is 4.22. The molecule has 0 unspecified atom stereocenters. The molecule has 0 N–H and O–H groups in total. The van der Waals surface area contributed by atoms with Crippen molar-refractivity contribution in [2.75, 3.05) is 0 Å². The van der Waals surface area contributed by atoms with Gasteiger partial charge in [0, 0.05) is 16.5 Å². The van der Waals surface area contributed by atoms with E-state index in [1.165, 1.54) is 19.3 Å². The van der Waals surface area contributed by atoms with Gasteiger partial charge in [-0.15, -0.1) is 0 Å². The van der Waals surface area contributed by atoms with Gasteiger partial charge in [-0.1, -0.05) is 37.1 Å². The van der Waals surface area contributed by atoms with E-state index in [2.05, 4.69) is 6.92 Å². The van der Waals surface area contributed by atoms with Crippen LogP contribution in [0.2, 0.25) is 5.02 Å². The Morgan fingerprint density at radius 2 is 2.00 bits per heavy atom. The van der Waals surface area contributed by atoms with Crippen LogP contribution in [0.15, 0.2) is 24.3 Å². The van der Waals surface area contributed by atoms with Gasteiger partial charge in [-0.2, -0.15) is 0 Å². The maximum atomic E-state index is 12.3. The van der Waals surface area contributed by atoms with Gasteiger partial charge in [0.25, 0.3) is 0 Å². The van der Waals surface area contributed by atoms with Gasteiger partial charge in [-0.25, -0.2) is 0 Å². The number of halogens is 1. The topological polar surface area (TPSA) is 17.1 Å². The molecule has 1 aromatic rings. The van der Waals surface area contributed by atoms with E-state index >= 15 is 0 Å². The Hall–Kier alpha value is -0.820. The van der Waals surface area contributed by atoms with E-state index in [0.29, 0.717) is 5.02 Å². The van der Waals surface area contributed by atoms with E-state index < -0.39 is 0 Å². The molecule has 2 rings (SSSR count).